The Labute approximate surface area is 147 Å². The van der Waals surface area contributed by atoms with Gasteiger partial charge in [0.2, 0.25) is 0 Å². The minimum atomic E-state index is -0.565. The fourth-order valence-electron chi connectivity index (χ4n) is 2.87. The summed E-state index contributed by atoms with van der Waals surface area (Å²) < 4.78 is 11.3. The van der Waals surface area contributed by atoms with Crippen molar-refractivity contribution in [3.05, 3.63) is 24.3 Å². The van der Waals surface area contributed by atoms with Gasteiger partial charge in [-0.05, 0) is 38.2 Å². The van der Waals surface area contributed by atoms with E-state index < -0.39 is 6.10 Å². The number of ether oxygens (including phenoxy) is 2. The summed E-state index contributed by atoms with van der Waals surface area (Å²) in [4.78, 5) is 16.6. The van der Waals surface area contributed by atoms with Crippen molar-refractivity contribution in [1.82, 2.24) is 10.2 Å². The van der Waals surface area contributed by atoms with Crippen LogP contribution in [0.3, 0.4) is 0 Å². The highest BCUT2D eigenvalue weighted by molar-refractivity contribution is 7.80. The van der Waals surface area contributed by atoms with Gasteiger partial charge in [0.05, 0.1) is 25.4 Å². The molecule has 2 aliphatic rings. The molecular formula is C17H23N3O3S. The predicted octanol–water partition coefficient (Wildman–Crippen LogP) is 1.40. The molecule has 0 aliphatic carbocycles. The van der Waals surface area contributed by atoms with Gasteiger partial charge in [-0.15, -0.1) is 0 Å². The number of fused-ring (bicyclic) bond motifs is 1. The van der Waals surface area contributed by atoms with Crippen LogP contribution in [0.2, 0.25) is 0 Å². The van der Waals surface area contributed by atoms with E-state index in [-0.39, 0.29) is 11.9 Å². The minimum absolute atomic E-state index is 0.00912. The Bertz CT molecular complexity index is 617. The Morgan fingerprint density at radius 2 is 2.00 bits per heavy atom. The summed E-state index contributed by atoms with van der Waals surface area (Å²) in [6.45, 7) is 6.85. The van der Waals surface area contributed by atoms with Crippen LogP contribution in [-0.2, 0) is 9.53 Å². The van der Waals surface area contributed by atoms with E-state index in [1.54, 1.807) is 4.90 Å². The lowest BCUT2D eigenvalue weighted by atomic mass is 10.1. The number of para-hydroxylation sites is 2. The van der Waals surface area contributed by atoms with Crippen LogP contribution in [0.4, 0.5) is 5.69 Å². The number of carbonyl (C=O) groups excluding carboxylic acids is 1. The molecule has 1 N–H and O–H groups in total. The standard InChI is InChI=1S/C17H23N3O3S/c1-12(2)18-17(24)20-11-15(16(21)19-7-9-22-10-8-19)23-14-6-4-3-5-13(14)20/h3-6,12,15H,7-11H2,1-2H3,(H,18,24)/t15-/m1/s1. The first-order valence-corrected chi connectivity index (χ1v) is 8.67. The predicted molar refractivity (Wildman–Crippen MR) is 96.5 cm³/mol. The van der Waals surface area contributed by atoms with Gasteiger partial charge >= 0.3 is 0 Å². The van der Waals surface area contributed by atoms with Crippen molar-refractivity contribution in [2.75, 3.05) is 37.7 Å². The molecule has 0 radical (unpaired) electrons. The van der Waals surface area contributed by atoms with Gasteiger partial charge in [-0.25, -0.2) is 0 Å². The number of thiocarbonyl (C=S) groups is 1. The first-order valence-electron chi connectivity index (χ1n) is 8.26. The van der Waals surface area contributed by atoms with E-state index in [9.17, 15) is 4.79 Å². The number of nitrogens with zero attached hydrogens (tertiary/aromatic N) is 2. The lowest BCUT2D eigenvalue weighted by Crippen LogP contribution is -2.56. The number of morpholine rings is 1. The van der Waals surface area contributed by atoms with E-state index in [1.165, 1.54) is 0 Å². The van der Waals surface area contributed by atoms with E-state index in [0.717, 1.165) is 5.69 Å². The topological polar surface area (TPSA) is 54.0 Å². The molecule has 24 heavy (non-hydrogen) atoms. The smallest absolute Gasteiger partial charge is 0.265 e. The van der Waals surface area contributed by atoms with Crippen LogP contribution in [0.15, 0.2) is 24.3 Å². The molecule has 2 aliphatic heterocycles. The summed E-state index contributed by atoms with van der Waals surface area (Å²) in [5.74, 6) is 0.674. The molecule has 1 fully saturated rings. The number of nitrogens with one attached hydrogen (secondary N) is 1. The molecular weight excluding hydrogens is 326 g/mol. The Kier molecular flexibility index (Phi) is 5.20. The maximum atomic E-state index is 12.8. The van der Waals surface area contributed by atoms with Gasteiger partial charge in [-0.2, -0.15) is 0 Å². The van der Waals surface area contributed by atoms with Crippen molar-refractivity contribution < 1.29 is 14.3 Å². The molecule has 6 nitrogen and oxygen atoms in total. The van der Waals surface area contributed by atoms with Gasteiger partial charge in [0, 0.05) is 19.1 Å². The van der Waals surface area contributed by atoms with E-state index in [0.29, 0.717) is 43.7 Å². The number of hydrogen-bond donors (Lipinski definition) is 1. The molecule has 3 rings (SSSR count). The Morgan fingerprint density at radius 1 is 1.29 bits per heavy atom. The molecule has 1 amide bonds. The molecule has 1 saturated heterocycles. The Balaban J connectivity index is 1.81. The summed E-state index contributed by atoms with van der Waals surface area (Å²) in [6, 6.07) is 7.90. The van der Waals surface area contributed by atoms with Crippen molar-refractivity contribution in [3.63, 3.8) is 0 Å². The third-order valence-electron chi connectivity index (χ3n) is 4.03. The normalized spacial score (nSPS) is 20.4. The molecule has 1 aromatic rings. The Hall–Kier alpha value is -1.86. The van der Waals surface area contributed by atoms with Gasteiger partial charge < -0.3 is 24.6 Å². The summed E-state index contributed by atoms with van der Waals surface area (Å²) >= 11 is 5.54. The number of anilines is 1. The average Bonchev–Trinajstić information content (AvgIpc) is 2.60. The molecule has 2 heterocycles. The third kappa shape index (κ3) is 3.62. The zero-order valence-electron chi connectivity index (χ0n) is 14.0. The molecule has 7 heteroatoms. The van der Waals surface area contributed by atoms with E-state index in [2.05, 4.69) is 5.32 Å². The quantitative estimate of drug-likeness (QED) is 0.815. The van der Waals surface area contributed by atoms with Gasteiger partial charge in [0.25, 0.3) is 5.91 Å². The summed E-state index contributed by atoms with van der Waals surface area (Å²) in [5, 5.41) is 3.86. The van der Waals surface area contributed by atoms with E-state index in [1.807, 2.05) is 43.0 Å². The third-order valence-corrected chi connectivity index (χ3v) is 4.37. The van der Waals surface area contributed by atoms with Crippen LogP contribution in [0, 0.1) is 0 Å². The maximum Gasteiger partial charge on any atom is 0.265 e. The molecule has 1 aromatic carbocycles. The minimum Gasteiger partial charge on any atom is -0.476 e. The summed E-state index contributed by atoms with van der Waals surface area (Å²) in [5.41, 5.74) is 0.890. The van der Waals surface area contributed by atoms with Crippen molar-refractivity contribution in [1.29, 1.82) is 0 Å². The number of hydrogen-bond acceptors (Lipinski definition) is 4. The number of benzene rings is 1. The molecule has 0 unspecified atom stereocenters. The second-order valence-corrected chi connectivity index (χ2v) is 6.61. The number of carbonyl (C=O) groups is 1. The molecule has 0 spiro atoms. The Morgan fingerprint density at radius 3 is 2.71 bits per heavy atom. The lowest BCUT2D eigenvalue weighted by Gasteiger charge is -2.38. The van der Waals surface area contributed by atoms with Crippen LogP contribution in [0.25, 0.3) is 0 Å². The highest BCUT2D eigenvalue weighted by Crippen LogP contribution is 2.33. The summed E-state index contributed by atoms with van der Waals surface area (Å²) in [7, 11) is 0. The van der Waals surface area contributed by atoms with Crippen molar-refractivity contribution in [2.24, 2.45) is 0 Å². The van der Waals surface area contributed by atoms with Crippen molar-refractivity contribution >= 4 is 28.9 Å². The van der Waals surface area contributed by atoms with Gasteiger partial charge in [-0.3, -0.25) is 4.79 Å². The van der Waals surface area contributed by atoms with Gasteiger partial charge in [0.1, 0.15) is 5.75 Å². The van der Waals surface area contributed by atoms with Gasteiger partial charge in [0.15, 0.2) is 11.2 Å². The first kappa shape index (κ1) is 17.0. The fraction of sp³-hybridized carbons (Fsp3) is 0.529. The van der Waals surface area contributed by atoms with Gasteiger partial charge in [-0.1, -0.05) is 12.1 Å². The van der Waals surface area contributed by atoms with Crippen LogP contribution < -0.4 is 15.0 Å². The zero-order valence-corrected chi connectivity index (χ0v) is 14.8. The van der Waals surface area contributed by atoms with Crippen LogP contribution in [-0.4, -0.2) is 60.9 Å². The summed E-state index contributed by atoms with van der Waals surface area (Å²) in [6.07, 6.45) is -0.565. The zero-order chi connectivity index (χ0) is 17.1. The van der Waals surface area contributed by atoms with Crippen LogP contribution in [0.1, 0.15) is 13.8 Å². The monoisotopic (exact) mass is 349 g/mol. The fourth-order valence-corrected chi connectivity index (χ4v) is 3.28. The largest absolute Gasteiger partial charge is 0.476 e. The van der Waals surface area contributed by atoms with Crippen LogP contribution in [0.5, 0.6) is 5.75 Å². The highest BCUT2D eigenvalue weighted by Gasteiger charge is 2.35. The number of rotatable bonds is 2. The average molecular weight is 349 g/mol. The van der Waals surface area contributed by atoms with Crippen molar-refractivity contribution in [2.45, 2.75) is 26.0 Å². The molecule has 0 bridgehead atoms. The van der Waals surface area contributed by atoms with E-state index in [4.69, 9.17) is 21.7 Å². The van der Waals surface area contributed by atoms with E-state index >= 15 is 0 Å². The maximum absolute atomic E-state index is 12.8. The second-order valence-electron chi connectivity index (χ2n) is 6.23. The molecule has 1 atom stereocenters. The number of amides is 1. The second kappa shape index (κ2) is 7.36. The molecule has 0 saturated carbocycles. The lowest BCUT2D eigenvalue weighted by molar-refractivity contribution is -0.142. The first-order chi connectivity index (χ1) is 11.6. The highest BCUT2D eigenvalue weighted by atomic mass is 32.1. The molecule has 0 aromatic heterocycles. The molecule has 130 valence electrons. The SMILES string of the molecule is CC(C)NC(=S)N1C[C@H](C(=O)N2CCOCC2)Oc2ccccc21. The van der Waals surface area contributed by atoms with Crippen LogP contribution >= 0.6 is 12.2 Å². The van der Waals surface area contributed by atoms with Crippen molar-refractivity contribution in [3.8, 4) is 5.75 Å².